The average Bonchev–Trinajstić information content (AvgIpc) is 2.24. The second kappa shape index (κ2) is 6.26. The molecular formula is C13H15Cl2FN2. The molecule has 0 heterocycles. The van der Waals surface area contributed by atoms with Crippen LogP contribution in [0.5, 0.6) is 0 Å². The first-order valence-corrected chi connectivity index (χ1v) is 6.37. The van der Waals surface area contributed by atoms with Gasteiger partial charge in [-0.25, -0.2) is 4.39 Å². The zero-order chi connectivity index (χ0) is 13.8. The molecule has 1 N–H and O–H groups in total. The topological polar surface area (TPSA) is 35.8 Å². The highest BCUT2D eigenvalue weighted by Gasteiger charge is 2.18. The van der Waals surface area contributed by atoms with Crippen molar-refractivity contribution in [2.24, 2.45) is 5.41 Å². The number of hydrogen-bond acceptors (Lipinski definition) is 2. The molecule has 1 aromatic rings. The molecule has 5 heteroatoms. The fourth-order valence-electron chi connectivity index (χ4n) is 1.52. The van der Waals surface area contributed by atoms with Crippen LogP contribution in [0, 0.1) is 22.6 Å². The second-order valence-electron chi connectivity index (χ2n) is 4.92. The maximum Gasteiger partial charge on any atom is 0.126 e. The number of nitrogens with one attached hydrogen (secondary N) is 1. The Hall–Kier alpha value is -0.980. The van der Waals surface area contributed by atoms with Gasteiger partial charge in [-0.2, -0.15) is 5.26 Å². The van der Waals surface area contributed by atoms with Crippen molar-refractivity contribution in [3.8, 4) is 6.07 Å². The number of nitrogens with zero attached hydrogens (tertiary/aromatic N) is 1. The Balaban J connectivity index is 2.72. The van der Waals surface area contributed by atoms with Crippen LogP contribution in [0.1, 0.15) is 26.7 Å². The number of rotatable bonds is 5. The molecular weight excluding hydrogens is 274 g/mol. The van der Waals surface area contributed by atoms with Gasteiger partial charge in [-0.3, -0.25) is 0 Å². The van der Waals surface area contributed by atoms with E-state index in [1.807, 2.05) is 13.8 Å². The van der Waals surface area contributed by atoms with Crippen LogP contribution in [0.4, 0.5) is 10.1 Å². The van der Waals surface area contributed by atoms with Gasteiger partial charge < -0.3 is 5.32 Å². The molecule has 0 saturated carbocycles. The highest BCUT2D eigenvalue weighted by atomic mass is 35.5. The van der Waals surface area contributed by atoms with E-state index in [2.05, 4.69) is 11.4 Å². The smallest absolute Gasteiger partial charge is 0.126 e. The predicted molar refractivity (Wildman–Crippen MR) is 73.5 cm³/mol. The van der Waals surface area contributed by atoms with Gasteiger partial charge in [-0.1, -0.05) is 37.0 Å². The van der Waals surface area contributed by atoms with Crippen molar-refractivity contribution < 1.29 is 4.39 Å². The maximum atomic E-state index is 13.0. The Kier molecular flexibility index (Phi) is 5.25. The summed E-state index contributed by atoms with van der Waals surface area (Å²) in [5.74, 6) is -0.459. The third-order valence-electron chi connectivity index (χ3n) is 2.66. The zero-order valence-electron chi connectivity index (χ0n) is 10.4. The minimum Gasteiger partial charge on any atom is -0.382 e. The Morgan fingerprint density at radius 3 is 2.39 bits per heavy atom. The average molecular weight is 289 g/mol. The van der Waals surface area contributed by atoms with Crippen LogP contribution in [0.3, 0.4) is 0 Å². The Morgan fingerprint density at radius 2 is 1.89 bits per heavy atom. The third kappa shape index (κ3) is 4.36. The van der Waals surface area contributed by atoms with Gasteiger partial charge in [0.25, 0.3) is 0 Å². The lowest BCUT2D eigenvalue weighted by molar-refractivity contribution is 0.364. The van der Waals surface area contributed by atoms with E-state index in [9.17, 15) is 4.39 Å². The predicted octanol–water partition coefficient (Wildman–Crippen LogP) is 4.87. The molecule has 0 amide bonds. The van der Waals surface area contributed by atoms with Crippen molar-refractivity contribution >= 4 is 28.9 Å². The minimum absolute atomic E-state index is 0.0588. The molecule has 18 heavy (non-hydrogen) atoms. The van der Waals surface area contributed by atoms with Gasteiger partial charge in [0, 0.05) is 13.0 Å². The van der Waals surface area contributed by atoms with Gasteiger partial charge in [0.05, 0.1) is 21.8 Å². The quantitative estimate of drug-likeness (QED) is 0.839. The van der Waals surface area contributed by atoms with Gasteiger partial charge in [-0.05, 0) is 24.0 Å². The van der Waals surface area contributed by atoms with E-state index in [-0.39, 0.29) is 15.5 Å². The number of hydrogen-bond donors (Lipinski definition) is 1. The SMILES string of the molecule is CC(C)(CCC#N)CNc1c(Cl)cc(F)cc1Cl. The Morgan fingerprint density at radius 1 is 1.33 bits per heavy atom. The highest BCUT2D eigenvalue weighted by Crippen LogP contribution is 2.33. The normalized spacial score (nSPS) is 11.1. The van der Waals surface area contributed by atoms with Crippen molar-refractivity contribution in [1.29, 1.82) is 5.26 Å². The number of benzene rings is 1. The minimum atomic E-state index is -0.459. The van der Waals surface area contributed by atoms with Crippen LogP contribution in [-0.4, -0.2) is 6.54 Å². The molecule has 0 radical (unpaired) electrons. The van der Waals surface area contributed by atoms with Crippen molar-refractivity contribution in [1.82, 2.24) is 0 Å². The summed E-state index contributed by atoms with van der Waals surface area (Å²) < 4.78 is 13.0. The zero-order valence-corrected chi connectivity index (χ0v) is 11.9. The fourth-order valence-corrected chi connectivity index (χ4v) is 2.12. The van der Waals surface area contributed by atoms with E-state index in [0.717, 1.165) is 6.42 Å². The molecule has 0 aromatic heterocycles. The van der Waals surface area contributed by atoms with Crippen molar-refractivity contribution in [3.05, 3.63) is 28.0 Å². The standard InChI is InChI=1S/C13H15Cl2FN2/c1-13(2,4-3-5-17)8-18-12-10(14)6-9(16)7-11(12)15/h6-7,18H,3-4,8H2,1-2H3. The van der Waals surface area contributed by atoms with Crippen LogP contribution in [0.2, 0.25) is 10.0 Å². The fraction of sp³-hybridized carbons (Fsp3) is 0.462. The molecule has 0 spiro atoms. The lowest BCUT2D eigenvalue weighted by Gasteiger charge is -2.25. The monoisotopic (exact) mass is 288 g/mol. The Bertz CT molecular complexity index is 444. The summed E-state index contributed by atoms with van der Waals surface area (Å²) in [6, 6.07) is 4.56. The molecule has 0 aliphatic rings. The van der Waals surface area contributed by atoms with Crippen molar-refractivity contribution in [2.75, 3.05) is 11.9 Å². The van der Waals surface area contributed by atoms with E-state index < -0.39 is 5.82 Å². The first kappa shape index (κ1) is 15.1. The van der Waals surface area contributed by atoms with E-state index in [1.54, 1.807) is 0 Å². The number of nitriles is 1. The summed E-state index contributed by atoms with van der Waals surface area (Å²) in [6.07, 6.45) is 1.27. The second-order valence-corrected chi connectivity index (χ2v) is 5.73. The largest absolute Gasteiger partial charge is 0.382 e. The highest BCUT2D eigenvalue weighted by molar-refractivity contribution is 6.39. The van der Waals surface area contributed by atoms with Crippen molar-refractivity contribution in [2.45, 2.75) is 26.7 Å². The summed E-state index contributed by atoms with van der Waals surface area (Å²) in [6.45, 7) is 4.70. The molecule has 0 saturated heterocycles. The van der Waals surface area contributed by atoms with Crippen LogP contribution in [-0.2, 0) is 0 Å². The summed E-state index contributed by atoms with van der Waals surface area (Å²) in [4.78, 5) is 0. The van der Waals surface area contributed by atoms with Crippen LogP contribution in [0.15, 0.2) is 12.1 Å². The van der Waals surface area contributed by atoms with E-state index >= 15 is 0 Å². The molecule has 1 rings (SSSR count). The summed E-state index contributed by atoms with van der Waals surface area (Å²) in [7, 11) is 0. The molecule has 0 unspecified atom stereocenters. The number of halogens is 3. The molecule has 0 bridgehead atoms. The van der Waals surface area contributed by atoms with Crippen LogP contribution >= 0.6 is 23.2 Å². The van der Waals surface area contributed by atoms with E-state index in [0.29, 0.717) is 18.7 Å². The lowest BCUT2D eigenvalue weighted by atomic mass is 9.88. The van der Waals surface area contributed by atoms with Crippen LogP contribution < -0.4 is 5.32 Å². The summed E-state index contributed by atoms with van der Waals surface area (Å²) in [5, 5.41) is 12.2. The van der Waals surface area contributed by atoms with Gasteiger partial charge in [0.1, 0.15) is 5.82 Å². The molecule has 0 fully saturated rings. The first-order valence-electron chi connectivity index (χ1n) is 5.61. The molecule has 0 atom stereocenters. The van der Waals surface area contributed by atoms with Gasteiger partial charge in [0.15, 0.2) is 0 Å². The molecule has 1 aromatic carbocycles. The van der Waals surface area contributed by atoms with E-state index in [1.165, 1.54) is 12.1 Å². The van der Waals surface area contributed by atoms with E-state index in [4.69, 9.17) is 28.5 Å². The molecule has 0 aliphatic carbocycles. The molecule has 2 nitrogen and oxygen atoms in total. The summed E-state index contributed by atoms with van der Waals surface area (Å²) >= 11 is 11.9. The van der Waals surface area contributed by atoms with Crippen LogP contribution in [0.25, 0.3) is 0 Å². The van der Waals surface area contributed by atoms with Gasteiger partial charge in [0.2, 0.25) is 0 Å². The first-order chi connectivity index (χ1) is 8.35. The summed E-state index contributed by atoms with van der Waals surface area (Å²) in [5.41, 5.74) is 0.473. The molecule has 0 aliphatic heterocycles. The van der Waals surface area contributed by atoms with Gasteiger partial charge in [-0.15, -0.1) is 0 Å². The number of anilines is 1. The Labute approximate surface area is 117 Å². The lowest BCUT2D eigenvalue weighted by Crippen LogP contribution is -2.23. The van der Waals surface area contributed by atoms with Crippen molar-refractivity contribution in [3.63, 3.8) is 0 Å². The van der Waals surface area contributed by atoms with Gasteiger partial charge >= 0.3 is 0 Å². The third-order valence-corrected chi connectivity index (χ3v) is 3.26. The molecule has 98 valence electrons. The maximum absolute atomic E-state index is 13.0.